The van der Waals surface area contributed by atoms with E-state index in [1.807, 2.05) is 13.0 Å². The van der Waals surface area contributed by atoms with E-state index in [-0.39, 0.29) is 84.3 Å². The first-order valence-electron chi connectivity index (χ1n) is 16.3. The summed E-state index contributed by atoms with van der Waals surface area (Å²) >= 11 is 7.95. The zero-order chi connectivity index (χ0) is 35.8. The first-order valence-corrected chi connectivity index (χ1v) is 17.5. The van der Waals surface area contributed by atoms with Gasteiger partial charge in [-0.2, -0.15) is 15.2 Å². The van der Waals surface area contributed by atoms with Crippen LogP contribution in [-0.4, -0.2) is 63.9 Å². The Labute approximate surface area is 299 Å². The maximum atomic E-state index is 17.4. The Morgan fingerprint density at radius 3 is 2.84 bits per heavy atom. The number of hydrogen-bond donors (Lipinski definition) is 2. The molecular formula is C36H30ClF3N8O2S. The van der Waals surface area contributed by atoms with Gasteiger partial charge in [0, 0.05) is 35.7 Å². The third kappa shape index (κ3) is 5.07. The van der Waals surface area contributed by atoms with Gasteiger partial charge in [-0.05, 0) is 44.0 Å². The van der Waals surface area contributed by atoms with Gasteiger partial charge in [-0.25, -0.2) is 18.2 Å². The van der Waals surface area contributed by atoms with Gasteiger partial charge in [0.15, 0.2) is 11.6 Å². The molecule has 4 atom stereocenters. The number of ether oxygens (including phenoxy) is 2. The highest BCUT2D eigenvalue weighted by Gasteiger charge is 2.49. The van der Waals surface area contributed by atoms with Gasteiger partial charge in [0.1, 0.15) is 59.5 Å². The van der Waals surface area contributed by atoms with E-state index in [0.29, 0.717) is 18.5 Å². The van der Waals surface area contributed by atoms with Crippen LogP contribution in [0.1, 0.15) is 43.4 Å². The number of nitriles is 1. The number of nitrogen functional groups attached to an aromatic ring is 2. The van der Waals surface area contributed by atoms with Crippen LogP contribution in [0.2, 0.25) is 5.02 Å². The Morgan fingerprint density at radius 2 is 2.08 bits per heavy atom. The van der Waals surface area contributed by atoms with Gasteiger partial charge in [-0.15, -0.1) is 17.8 Å². The molecule has 3 aliphatic rings. The van der Waals surface area contributed by atoms with Gasteiger partial charge in [-0.3, -0.25) is 4.90 Å². The number of anilines is 3. The van der Waals surface area contributed by atoms with Crippen LogP contribution in [-0.2, 0) is 0 Å². The van der Waals surface area contributed by atoms with Crippen molar-refractivity contribution in [1.29, 1.82) is 5.26 Å². The molecule has 51 heavy (non-hydrogen) atoms. The molecule has 260 valence electrons. The van der Waals surface area contributed by atoms with Crippen LogP contribution in [0.15, 0.2) is 30.5 Å². The molecule has 4 N–H and O–H groups in total. The predicted molar refractivity (Wildman–Crippen MR) is 191 cm³/mol. The van der Waals surface area contributed by atoms with E-state index >= 15 is 8.78 Å². The number of aromatic nitrogens is 3. The summed E-state index contributed by atoms with van der Waals surface area (Å²) in [6, 6.07) is 6.57. The van der Waals surface area contributed by atoms with E-state index in [0.717, 1.165) is 36.8 Å². The fourth-order valence-electron chi connectivity index (χ4n) is 7.92. The highest BCUT2D eigenvalue weighted by atomic mass is 35.5. The Bertz CT molecular complexity index is 2340. The van der Waals surface area contributed by atoms with Crippen molar-refractivity contribution < 1.29 is 22.6 Å². The topological polar surface area (TPSA) is 139 Å². The van der Waals surface area contributed by atoms with Gasteiger partial charge in [0.05, 0.1) is 32.3 Å². The van der Waals surface area contributed by atoms with Crippen LogP contribution < -0.4 is 25.8 Å². The van der Waals surface area contributed by atoms with Crippen molar-refractivity contribution in [2.45, 2.75) is 50.0 Å². The Balaban J connectivity index is 1.39. The Morgan fingerprint density at radius 1 is 1.25 bits per heavy atom. The molecule has 10 nitrogen and oxygen atoms in total. The zero-order valence-electron chi connectivity index (χ0n) is 27.2. The number of pyridine rings is 1. The molecule has 15 heteroatoms. The van der Waals surface area contributed by atoms with E-state index < -0.39 is 35.4 Å². The van der Waals surface area contributed by atoms with E-state index in [4.69, 9.17) is 43.9 Å². The first kappa shape index (κ1) is 33.1. The van der Waals surface area contributed by atoms with Crippen LogP contribution in [0.3, 0.4) is 0 Å². The smallest absolute Gasteiger partial charge is 0.319 e. The van der Waals surface area contributed by atoms with Gasteiger partial charge in [-0.1, -0.05) is 29.7 Å². The number of alkyl halides is 1. The molecule has 2 fully saturated rings. The highest BCUT2D eigenvalue weighted by Crippen LogP contribution is 2.52. The molecule has 3 aromatic heterocycles. The van der Waals surface area contributed by atoms with E-state index in [2.05, 4.69) is 20.8 Å². The summed E-state index contributed by atoms with van der Waals surface area (Å²) in [6.45, 7) is 2.90. The molecule has 5 aromatic rings. The van der Waals surface area contributed by atoms with Crippen molar-refractivity contribution in [3.05, 3.63) is 58.2 Å². The van der Waals surface area contributed by atoms with Crippen molar-refractivity contribution in [2.75, 3.05) is 42.7 Å². The molecule has 2 aromatic carbocycles. The summed E-state index contributed by atoms with van der Waals surface area (Å²) in [5.41, 5.74) is 12.2. The van der Waals surface area contributed by atoms with E-state index in [1.165, 1.54) is 6.07 Å². The van der Waals surface area contributed by atoms with Gasteiger partial charge < -0.3 is 25.8 Å². The molecule has 6 heterocycles. The van der Waals surface area contributed by atoms with Crippen molar-refractivity contribution in [1.82, 2.24) is 19.9 Å². The number of hydrogen-bond acceptors (Lipinski definition) is 11. The largest absolute Gasteiger partial charge is 0.488 e. The summed E-state index contributed by atoms with van der Waals surface area (Å²) in [5.74, 6) is 1.72. The van der Waals surface area contributed by atoms with Crippen LogP contribution in [0.5, 0.6) is 11.8 Å². The quantitative estimate of drug-likeness (QED) is 0.180. The average Bonchev–Trinajstić information content (AvgIpc) is 3.72. The van der Waals surface area contributed by atoms with Gasteiger partial charge >= 0.3 is 6.01 Å². The summed E-state index contributed by atoms with van der Waals surface area (Å²) in [5, 5.41) is 10.1. The molecule has 0 radical (unpaired) electrons. The number of thiophene rings is 1. The van der Waals surface area contributed by atoms with Crippen molar-refractivity contribution in [3.8, 4) is 41.3 Å². The van der Waals surface area contributed by atoms with Crippen LogP contribution in [0.4, 0.5) is 29.8 Å². The van der Waals surface area contributed by atoms with Crippen LogP contribution in [0, 0.1) is 35.3 Å². The third-order valence-electron chi connectivity index (χ3n) is 10.3. The number of fused-ring (bicyclic) bond motifs is 2. The molecule has 8 rings (SSSR count). The maximum absolute atomic E-state index is 17.4. The number of rotatable bonds is 6. The van der Waals surface area contributed by atoms with Crippen molar-refractivity contribution in [3.63, 3.8) is 0 Å². The predicted octanol–water partition coefficient (Wildman–Crippen LogP) is 6.79. The number of halogens is 4. The summed E-state index contributed by atoms with van der Waals surface area (Å²) in [4.78, 5) is 17.5. The SMILES string of the molecule is C#C[C@H]1COc2c(Cl)c(-c3ccc(F)c4sc(N)c(C#N)c34)c(F)c3nc(OC[C@@]45CCCN4C[C@H](F)C5)nc(c23)N1C(C)c1cccnc1N. The fourth-order valence-corrected chi connectivity index (χ4v) is 9.20. The molecule has 0 aliphatic carbocycles. The Kier molecular flexibility index (Phi) is 8.02. The lowest BCUT2D eigenvalue weighted by atomic mass is 9.95. The number of nitrogens with zero attached hydrogens (tertiary/aromatic N) is 6. The number of terminal acetylenes is 1. The lowest BCUT2D eigenvalue weighted by Crippen LogP contribution is -2.43. The minimum Gasteiger partial charge on any atom is -0.488 e. The molecule has 2 saturated heterocycles. The standard InChI is InChI=1S/C36H30ClF3N8O2S/c1-3-19-15-49-30-26-29(28(40)25(27(30)37)21-7-8-23(39)31-24(21)22(13-41)33(43)51-31)45-35(50-16-36-9-5-11-47(36)14-18(38)12-36)46-34(26)48(19)17(2)20-6-4-10-44-32(20)42/h1,4,6-8,10,17-19H,5,9,11-12,14-16,43H2,2H3,(H2,42,44)/t17?,18-,19+,36+/m1/s1. The molecule has 1 unspecified atom stereocenters. The molecular weight excluding hydrogens is 701 g/mol. The van der Waals surface area contributed by atoms with Crippen LogP contribution in [0.25, 0.3) is 32.1 Å². The molecule has 0 amide bonds. The van der Waals surface area contributed by atoms with E-state index in [9.17, 15) is 9.65 Å². The minimum absolute atomic E-state index is 0.0104. The summed E-state index contributed by atoms with van der Waals surface area (Å²) in [7, 11) is 0. The second-order valence-electron chi connectivity index (χ2n) is 13.1. The number of nitrogens with two attached hydrogens (primary N) is 2. The second-order valence-corrected chi connectivity index (χ2v) is 14.5. The average molecular weight is 731 g/mol. The lowest BCUT2D eigenvalue weighted by molar-refractivity contribution is 0.107. The zero-order valence-corrected chi connectivity index (χ0v) is 28.8. The normalized spacial score (nSPS) is 22.0. The lowest BCUT2D eigenvalue weighted by Gasteiger charge is -2.34. The van der Waals surface area contributed by atoms with E-state index in [1.54, 1.807) is 23.2 Å². The van der Waals surface area contributed by atoms with Crippen LogP contribution >= 0.6 is 22.9 Å². The Hall–Kier alpha value is -5.02. The highest BCUT2D eigenvalue weighted by molar-refractivity contribution is 7.23. The second kappa shape index (κ2) is 12.3. The molecule has 0 saturated carbocycles. The van der Waals surface area contributed by atoms with Crippen molar-refractivity contribution >= 4 is 60.6 Å². The summed E-state index contributed by atoms with van der Waals surface area (Å²) in [6.07, 6.45) is 8.61. The minimum atomic E-state index is -0.993. The molecule has 0 spiro atoms. The summed E-state index contributed by atoms with van der Waals surface area (Å²) < 4.78 is 59.8. The molecule has 0 bridgehead atoms. The maximum Gasteiger partial charge on any atom is 0.319 e. The van der Waals surface area contributed by atoms with Crippen molar-refractivity contribution in [2.24, 2.45) is 0 Å². The molecule has 3 aliphatic heterocycles. The number of benzene rings is 2. The third-order valence-corrected chi connectivity index (χ3v) is 11.7. The fraction of sp³-hybridized carbons (Fsp3) is 0.333. The van der Waals surface area contributed by atoms with Gasteiger partial charge in [0.25, 0.3) is 0 Å². The first-order chi connectivity index (χ1) is 24.6. The monoisotopic (exact) mass is 730 g/mol. The van der Waals surface area contributed by atoms with Gasteiger partial charge in [0.2, 0.25) is 0 Å².